The van der Waals surface area contributed by atoms with Crippen LogP contribution in [-0.4, -0.2) is 10.1 Å². The van der Waals surface area contributed by atoms with Gasteiger partial charge in [0, 0.05) is 0 Å². The van der Waals surface area contributed by atoms with Crippen LogP contribution in [0.25, 0.3) is 21.7 Å². The topological polar surface area (TPSA) is 64.9 Å². The predicted molar refractivity (Wildman–Crippen MR) is 76.9 cm³/mol. The van der Waals surface area contributed by atoms with Gasteiger partial charge >= 0.3 is 0 Å². The summed E-state index contributed by atoms with van der Waals surface area (Å²) < 4.78 is 18.5. The summed E-state index contributed by atoms with van der Waals surface area (Å²) in [6.07, 6.45) is 0. The monoisotopic (exact) mass is 289 g/mol. The van der Waals surface area contributed by atoms with Crippen molar-refractivity contribution in [2.45, 2.75) is 13.8 Å². The van der Waals surface area contributed by atoms with Gasteiger partial charge in [0.1, 0.15) is 11.5 Å². The van der Waals surface area contributed by atoms with Crippen molar-refractivity contribution in [3.63, 3.8) is 0 Å². The van der Waals surface area contributed by atoms with Gasteiger partial charge in [-0.05, 0) is 31.5 Å². The van der Waals surface area contributed by atoms with Crippen LogP contribution in [0.5, 0.6) is 0 Å². The number of thiazole rings is 1. The molecule has 0 bridgehead atoms. The van der Waals surface area contributed by atoms with E-state index in [1.807, 2.05) is 13.8 Å². The van der Waals surface area contributed by atoms with E-state index in [0.29, 0.717) is 16.8 Å². The van der Waals surface area contributed by atoms with Crippen LogP contribution in [0.3, 0.4) is 0 Å². The molecule has 6 heteroatoms. The molecule has 0 fully saturated rings. The van der Waals surface area contributed by atoms with Crippen LogP contribution in [0, 0.1) is 19.7 Å². The van der Waals surface area contributed by atoms with E-state index >= 15 is 0 Å². The number of aryl methyl sites for hydroxylation is 2. The largest absolute Gasteiger partial charge is 0.367 e. The van der Waals surface area contributed by atoms with Gasteiger partial charge in [-0.15, -0.1) is 11.3 Å². The second-order valence-corrected chi connectivity index (χ2v) is 5.63. The van der Waals surface area contributed by atoms with E-state index < -0.39 is 0 Å². The Labute approximate surface area is 119 Å². The predicted octanol–water partition coefficient (Wildman–Crippen LogP) is 3.80. The van der Waals surface area contributed by atoms with Crippen molar-refractivity contribution >= 4 is 17.2 Å². The highest BCUT2D eigenvalue weighted by atomic mass is 32.1. The zero-order valence-corrected chi connectivity index (χ0v) is 11.8. The standard InChI is InChI=1S/C14H12FN3OS/c1-7-13(20-8(2)17-7)12-11(14(16)19-18-12)9-4-3-5-10(15)6-9/h3-6H,16H2,1-2H3. The third kappa shape index (κ3) is 2.08. The van der Waals surface area contributed by atoms with Crippen molar-refractivity contribution in [1.82, 2.24) is 10.1 Å². The quantitative estimate of drug-likeness (QED) is 0.779. The molecule has 4 nitrogen and oxygen atoms in total. The summed E-state index contributed by atoms with van der Waals surface area (Å²) >= 11 is 1.51. The van der Waals surface area contributed by atoms with E-state index in [-0.39, 0.29) is 11.7 Å². The lowest BCUT2D eigenvalue weighted by Gasteiger charge is -2.01. The number of rotatable bonds is 2. The lowest BCUT2D eigenvalue weighted by molar-refractivity contribution is 0.439. The third-order valence-electron chi connectivity index (χ3n) is 2.95. The lowest BCUT2D eigenvalue weighted by atomic mass is 10.0. The van der Waals surface area contributed by atoms with Gasteiger partial charge in [0.2, 0.25) is 5.88 Å². The molecular formula is C14H12FN3OS. The SMILES string of the molecule is Cc1nc(C)c(-c2noc(N)c2-c2cccc(F)c2)s1. The first-order valence-electron chi connectivity index (χ1n) is 6.01. The molecule has 0 amide bonds. The molecule has 3 aromatic rings. The molecule has 20 heavy (non-hydrogen) atoms. The minimum atomic E-state index is -0.328. The summed E-state index contributed by atoms with van der Waals surface area (Å²) in [5.41, 5.74) is 8.57. The Morgan fingerprint density at radius 3 is 2.75 bits per heavy atom. The van der Waals surface area contributed by atoms with Gasteiger partial charge in [0.25, 0.3) is 0 Å². The Kier molecular flexibility index (Phi) is 3.02. The minimum Gasteiger partial charge on any atom is -0.367 e. The first-order chi connectivity index (χ1) is 9.56. The van der Waals surface area contributed by atoms with E-state index in [0.717, 1.165) is 15.6 Å². The van der Waals surface area contributed by atoms with Crippen molar-refractivity contribution in [2.24, 2.45) is 0 Å². The molecule has 0 unspecified atom stereocenters. The van der Waals surface area contributed by atoms with Crippen molar-refractivity contribution in [3.05, 3.63) is 40.8 Å². The molecule has 102 valence electrons. The normalized spacial score (nSPS) is 10.9. The fraction of sp³-hybridized carbons (Fsp3) is 0.143. The number of anilines is 1. The average Bonchev–Trinajstić information content (AvgIpc) is 2.92. The van der Waals surface area contributed by atoms with Crippen LogP contribution in [-0.2, 0) is 0 Å². The van der Waals surface area contributed by atoms with Crippen molar-refractivity contribution in [1.29, 1.82) is 0 Å². The maximum absolute atomic E-state index is 13.4. The maximum Gasteiger partial charge on any atom is 0.230 e. The number of benzene rings is 1. The van der Waals surface area contributed by atoms with Crippen molar-refractivity contribution in [2.75, 3.05) is 5.73 Å². The Bertz CT molecular complexity index is 779. The van der Waals surface area contributed by atoms with Crippen molar-refractivity contribution < 1.29 is 8.91 Å². The summed E-state index contributed by atoms with van der Waals surface area (Å²) in [5, 5.41) is 4.95. The Morgan fingerprint density at radius 2 is 2.10 bits per heavy atom. The van der Waals surface area contributed by atoms with Crippen LogP contribution >= 0.6 is 11.3 Å². The van der Waals surface area contributed by atoms with E-state index in [1.165, 1.54) is 23.5 Å². The van der Waals surface area contributed by atoms with Gasteiger partial charge in [0.15, 0.2) is 0 Å². The summed E-state index contributed by atoms with van der Waals surface area (Å²) in [4.78, 5) is 5.26. The molecule has 3 rings (SSSR count). The molecule has 2 aromatic heterocycles. The molecule has 0 aliphatic rings. The highest BCUT2D eigenvalue weighted by Gasteiger charge is 2.21. The third-order valence-corrected chi connectivity index (χ3v) is 4.03. The van der Waals surface area contributed by atoms with Crippen LogP contribution in [0.4, 0.5) is 10.3 Å². The minimum absolute atomic E-state index is 0.177. The van der Waals surface area contributed by atoms with E-state index in [2.05, 4.69) is 10.1 Å². The van der Waals surface area contributed by atoms with Gasteiger partial charge in [-0.2, -0.15) is 0 Å². The molecule has 0 saturated heterocycles. The van der Waals surface area contributed by atoms with Crippen LogP contribution < -0.4 is 5.73 Å². The smallest absolute Gasteiger partial charge is 0.230 e. The summed E-state index contributed by atoms with van der Waals surface area (Å²) in [6, 6.07) is 6.20. The molecule has 1 aromatic carbocycles. The number of hydrogen-bond donors (Lipinski definition) is 1. The number of nitrogens with zero attached hydrogens (tertiary/aromatic N) is 2. The number of nitrogens with two attached hydrogens (primary N) is 1. The van der Waals surface area contributed by atoms with Gasteiger partial charge in [-0.25, -0.2) is 9.37 Å². The zero-order chi connectivity index (χ0) is 14.3. The second-order valence-electron chi connectivity index (χ2n) is 4.43. The van der Waals surface area contributed by atoms with Crippen molar-refractivity contribution in [3.8, 4) is 21.7 Å². The molecule has 0 atom stereocenters. The fourth-order valence-corrected chi connectivity index (χ4v) is 3.04. The Balaban J connectivity index is 2.22. The second kappa shape index (κ2) is 4.72. The molecule has 0 saturated carbocycles. The van der Waals surface area contributed by atoms with Gasteiger partial charge in [0.05, 0.1) is 21.1 Å². The first kappa shape index (κ1) is 12.8. The molecule has 0 radical (unpaired) electrons. The summed E-state index contributed by atoms with van der Waals surface area (Å²) in [5.74, 6) is -0.151. The first-order valence-corrected chi connectivity index (χ1v) is 6.83. The van der Waals surface area contributed by atoms with Gasteiger partial charge in [-0.3, -0.25) is 0 Å². The van der Waals surface area contributed by atoms with Crippen LogP contribution in [0.1, 0.15) is 10.7 Å². The Morgan fingerprint density at radius 1 is 1.30 bits per heavy atom. The molecule has 0 aliphatic heterocycles. The van der Waals surface area contributed by atoms with Crippen LogP contribution in [0.15, 0.2) is 28.8 Å². The summed E-state index contributed by atoms with van der Waals surface area (Å²) in [7, 11) is 0. The summed E-state index contributed by atoms with van der Waals surface area (Å²) in [6.45, 7) is 3.82. The number of halogens is 1. The zero-order valence-electron chi connectivity index (χ0n) is 11.0. The number of hydrogen-bond acceptors (Lipinski definition) is 5. The lowest BCUT2D eigenvalue weighted by Crippen LogP contribution is -1.88. The number of nitrogen functional groups attached to an aromatic ring is 1. The fourth-order valence-electron chi connectivity index (χ4n) is 2.13. The molecule has 0 aliphatic carbocycles. The maximum atomic E-state index is 13.4. The van der Waals surface area contributed by atoms with Crippen LogP contribution in [0.2, 0.25) is 0 Å². The number of aromatic nitrogens is 2. The van der Waals surface area contributed by atoms with E-state index in [9.17, 15) is 4.39 Å². The highest BCUT2D eigenvalue weighted by Crippen LogP contribution is 2.39. The highest BCUT2D eigenvalue weighted by molar-refractivity contribution is 7.15. The molecular weight excluding hydrogens is 277 g/mol. The van der Waals surface area contributed by atoms with E-state index in [1.54, 1.807) is 12.1 Å². The molecule has 2 heterocycles. The van der Waals surface area contributed by atoms with Gasteiger partial charge in [-0.1, -0.05) is 17.3 Å². The van der Waals surface area contributed by atoms with Gasteiger partial charge < -0.3 is 10.3 Å². The molecule has 0 spiro atoms. The Hall–Kier alpha value is -2.21. The average molecular weight is 289 g/mol. The van der Waals surface area contributed by atoms with E-state index in [4.69, 9.17) is 10.3 Å². The molecule has 2 N–H and O–H groups in total.